The molecule has 0 unspecified atom stereocenters. The van der Waals surface area contributed by atoms with Crippen LogP contribution < -0.4 is 11.1 Å². The summed E-state index contributed by atoms with van der Waals surface area (Å²) in [5.74, 6) is -3.49. The highest BCUT2D eigenvalue weighted by Gasteiger charge is 2.32. The summed E-state index contributed by atoms with van der Waals surface area (Å²) in [6, 6.07) is 2.29. The highest BCUT2D eigenvalue weighted by Crippen LogP contribution is 2.24. The first-order chi connectivity index (χ1) is 10.9. The molecule has 0 aliphatic heterocycles. The van der Waals surface area contributed by atoms with E-state index in [9.17, 15) is 23.2 Å². The Morgan fingerprint density at radius 2 is 1.96 bits per heavy atom. The Morgan fingerprint density at radius 3 is 2.52 bits per heavy atom. The van der Waals surface area contributed by atoms with Crippen molar-refractivity contribution < 1.29 is 23.2 Å². The van der Waals surface area contributed by atoms with Gasteiger partial charge in [-0.05, 0) is 30.9 Å². The molecule has 1 saturated carbocycles. The quantitative estimate of drug-likeness (QED) is 0.854. The van der Waals surface area contributed by atoms with Crippen LogP contribution in [0.2, 0.25) is 0 Å². The number of primary amides is 1. The smallest absolute Gasteiger partial charge is 0.240 e. The van der Waals surface area contributed by atoms with Crippen LogP contribution in [0, 0.1) is 17.6 Å². The number of ketones is 1. The third-order valence-corrected chi connectivity index (χ3v) is 4.01. The van der Waals surface area contributed by atoms with Crippen molar-refractivity contribution in [3.8, 4) is 0 Å². The van der Waals surface area contributed by atoms with Gasteiger partial charge in [0.1, 0.15) is 23.5 Å². The van der Waals surface area contributed by atoms with Gasteiger partial charge in [-0.3, -0.25) is 14.4 Å². The summed E-state index contributed by atoms with van der Waals surface area (Å²) in [4.78, 5) is 35.1. The standard InChI is InChI=1S/C16H18F2N2O3/c17-12-5-2-6-13(18)11(12)8-14(22)20-15(16(19)23)9-3-1-4-10(21)7-9/h2,5-6,9,15H,1,3-4,7-8H2,(H2,19,23)(H,20,22)/t9-,15+/m1/s1. The molecular weight excluding hydrogens is 306 g/mol. The van der Waals surface area contributed by atoms with Gasteiger partial charge in [-0.2, -0.15) is 0 Å². The fraction of sp³-hybridized carbons (Fsp3) is 0.438. The lowest BCUT2D eigenvalue weighted by Crippen LogP contribution is -2.50. The number of halogens is 2. The SMILES string of the molecule is NC(=O)[C@@H](NC(=O)Cc1c(F)cccc1F)[C@@H]1CCCC(=O)C1. The van der Waals surface area contributed by atoms with E-state index in [1.165, 1.54) is 6.07 Å². The molecule has 0 aromatic heterocycles. The minimum atomic E-state index is -1.01. The Morgan fingerprint density at radius 1 is 1.30 bits per heavy atom. The average molecular weight is 324 g/mol. The summed E-state index contributed by atoms with van der Waals surface area (Å²) in [7, 11) is 0. The maximum atomic E-state index is 13.6. The molecule has 1 aliphatic carbocycles. The molecule has 1 aliphatic rings. The maximum absolute atomic E-state index is 13.6. The molecule has 7 heteroatoms. The Hall–Kier alpha value is -2.31. The average Bonchev–Trinajstić information content (AvgIpc) is 2.48. The van der Waals surface area contributed by atoms with Crippen LogP contribution in [0.25, 0.3) is 0 Å². The summed E-state index contributed by atoms with van der Waals surface area (Å²) in [6.07, 6.45) is 1.31. The predicted molar refractivity (Wildman–Crippen MR) is 78.2 cm³/mol. The minimum absolute atomic E-state index is 0.0156. The summed E-state index contributed by atoms with van der Waals surface area (Å²) in [6.45, 7) is 0. The van der Waals surface area contributed by atoms with E-state index in [0.717, 1.165) is 12.1 Å². The molecule has 0 spiro atoms. The Bertz CT molecular complexity index is 614. The van der Waals surface area contributed by atoms with Gasteiger partial charge in [-0.1, -0.05) is 6.07 Å². The molecule has 2 rings (SSSR count). The van der Waals surface area contributed by atoms with Crippen LogP contribution in [0.4, 0.5) is 8.78 Å². The van der Waals surface area contributed by atoms with Gasteiger partial charge in [-0.25, -0.2) is 8.78 Å². The number of amides is 2. The number of carbonyl (C=O) groups excluding carboxylic acids is 3. The molecule has 1 aromatic carbocycles. The van der Waals surface area contributed by atoms with E-state index in [2.05, 4.69) is 5.32 Å². The van der Waals surface area contributed by atoms with Crippen LogP contribution in [-0.2, 0) is 20.8 Å². The van der Waals surface area contributed by atoms with Gasteiger partial charge in [0.05, 0.1) is 6.42 Å². The minimum Gasteiger partial charge on any atom is -0.368 e. The molecule has 0 bridgehead atoms. The van der Waals surface area contributed by atoms with E-state index in [1.54, 1.807) is 0 Å². The van der Waals surface area contributed by atoms with E-state index in [1.807, 2.05) is 0 Å². The summed E-state index contributed by atoms with van der Waals surface area (Å²) in [5, 5.41) is 2.41. The van der Waals surface area contributed by atoms with Gasteiger partial charge in [-0.15, -0.1) is 0 Å². The second-order valence-electron chi connectivity index (χ2n) is 5.72. The third-order valence-electron chi connectivity index (χ3n) is 4.01. The second kappa shape index (κ2) is 7.30. The molecule has 23 heavy (non-hydrogen) atoms. The first kappa shape index (κ1) is 17.1. The molecule has 1 aromatic rings. The second-order valence-corrected chi connectivity index (χ2v) is 5.72. The van der Waals surface area contributed by atoms with Crippen LogP contribution in [0.1, 0.15) is 31.2 Å². The molecule has 1 fully saturated rings. The summed E-state index contributed by atoms with van der Waals surface area (Å²) in [5.41, 5.74) is 4.93. The Balaban J connectivity index is 2.06. The van der Waals surface area contributed by atoms with Crippen LogP contribution in [0.15, 0.2) is 18.2 Å². The van der Waals surface area contributed by atoms with Crippen molar-refractivity contribution in [2.75, 3.05) is 0 Å². The molecule has 5 nitrogen and oxygen atoms in total. The van der Waals surface area contributed by atoms with Gasteiger partial charge < -0.3 is 11.1 Å². The molecule has 3 N–H and O–H groups in total. The summed E-state index contributed by atoms with van der Waals surface area (Å²) >= 11 is 0. The van der Waals surface area contributed by atoms with Crippen molar-refractivity contribution in [1.29, 1.82) is 0 Å². The molecule has 0 saturated heterocycles. The predicted octanol–water partition coefficient (Wildman–Crippen LogP) is 1.24. The van der Waals surface area contributed by atoms with Crippen molar-refractivity contribution in [1.82, 2.24) is 5.32 Å². The normalized spacial score (nSPS) is 19.2. The van der Waals surface area contributed by atoms with E-state index in [0.29, 0.717) is 19.3 Å². The molecule has 2 atom stereocenters. The molecule has 124 valence electrons. The molecule has 0 radical (unpaired) electrons. The number of benzene rings is 1. The zero-order chi connectivity index (χ0) is 17.0. The Labute approximate surface area is 132 Å². The highest BCUT2D eigenvalue weighted by atomic mass is 19.1. The van der Waals surface area contributed by atoms with Gasteiger partial charge >= 0.3 is 0 Å². The fourth-order valence-corrected chi connectivity index (χ4v) is 2.85. The van der Waals surface area contributed by atoms with Crippen molar-refractivity contribution >= 4 is 17.6 Å². The summed E-state index contributed by atoms with van der Waals surface area (Å²) < 4.78 is 27.1. The number of nitrogens with one attached hydrogen (secondary N) is 1. The highest BCUT2D eigenvalue weighted by molar-refractivity contribution is 5.89. The van der Waals surface area contributed by atoms with Gasteiger partial charge in [0.25, 0.3) is 0 Å². The van der Waals surface area contributed by atoms with E-state index in [4.69, 9.17) is 5.73 Å². The number of carbonyl (C=O) groups is 3. The van der Waals surface area contributed by atoms with Crippen LogP contribution in [0.5, 0.6) is 0 Å². The maximum Gasteiger partial charge on any atom is 0.240 e. The number of rotatable bonds is 5. The third kappa shape index (κ3) is 4.34. The van der Waals surface area contributed by atoms with E-state index in [-0.39, 0.29) is 23.7 Å². The van der Waals surface area contributed by atoms with Crippen molar-refractivity contribution in [3.63, 3.8) is 0 Å². The van der Waals surface area contributed by atoms with Gasteiger partial charge in [0.2, 0.25) is 11.8 Å². The number of hydrogen-bond donors (Lipinski definition) is 2. The first-order valence-corrected chi connectivity index (χ1v) is 7.41. The largest absolute Gasteiger partial charge is 0.368 e. The lowest BCUT2D eigenvalue weighted by atomic mass is 9.82. The zero-order valence-electron chi connectivity index (χ0n) is 12.5. The van der Waals surface area contributed by atoms with Crippen molar-refractivity contribution in [2.24, 2.45) is 11.7 Å². The fourth-order valence-electron chi connectivity index (χ4n) is 2.85. The van der Waals surface area contributed by atoms with Crippen molar-refractivity contribution in [2.45, 2.75) is 38.1 Å². The van der Waals surface area contributed by atoms with Gasteiger partial charge in [0, 0.05) is 18.4 Å². The van der Waals surface area contributed by atoms with E-state index >= 15 is 0 Å². The molecular formula is C16H18F2N2O3. The van der Waals surface area contributed by atoms with Crippen LogP contribution >= 0.6 is 0 Å². The lowest BCUT2D eigenvalue weighted by molar-refractivity contribution is -0.130. The topological polar surface area (TPSA) is 89.3 Å². The number of nitrogens with two attached hydrogens (primary N) is 1. The monoisotopic (exact) mass is 324 g/mol. The van der Waals surface area contributed by atoms with Crippen LogP contribution in [0.3, 0.4) is 0 Å². The zero-order valence-corrected chi connectivity index (χ0v) is 12.5. The number of hydrogen-bond acceptors (Lipinski definition) is 3. The van der Waals surface area contributed by atoms with E-state index < -0.39 is 35.9 Å². The number of Topliss-reactive ketones (excluding diaryl/α,β-unsaturated/α-hetero) is 1. The lowest BCUT2D eigenvalue weighted by Gasteiger charge is -2.28. The Kier molecular flexibility index (Phi) is 5.41. The van der Waals surface area contributed by atoms with Crippen molar-refractivity contribution in [3.05, 3.63) is 35.4 Å². The van der Waals surface area contributed by atoms with Gasteiger partial charge in [0.15, 0.2) is 0 Å². The molecule has 2 amide bonds. The van der Waals surface area contributed by atoms with Crippen LogP contribution in [-0.4, -0.2) is 23.6 Å². The first-order valence-electron chi connectivity index (χ1n) is 7.41. The molecule has 0 heterocycles.